The number of nitrogens with zero attached hydrogens (tertiary/aromatic N) is 3. The van der Waals surface area contributed by atoms with E-state index in [9.17, 15) is 4.79 Å². The topological polar surface area (TPSA) is 83.6 Å². The van der Waals surface area contributed by atoms with Crippen molar-refractivity contribution >= 4 is 29.1 Å². The van der Waals surface area contributed by atoms with Crippen LogP contribution in [0.1, 0.15) is 16.2 Å². The lowest BCUT2D eigenvalue weighted by Gasteiger charge is -2.04. The molecular formula is C10H9Cl2N5O. The summed E-state index contributed by atoms with van der Waals surface area (Å²) in [6.07, 6.45) is 0.504. The van der Waals surface area contributed by atoms with E-state index in [0.717, 1.165) is 0 Å². The largest absolute Gasteiger partial charge is 0.352 e. The fraction of sp³-hybridized carbons (Fsp3) is 0.200. The number of hydrogen-bond acceptors (Lipinski definition) is 4. The summed E-state index contributed by atoms with van der Waals surface area (Å²) >= 11 is 11.6. The Balaban J connectivity index is 1.89. The zero-order valence-electron chi connectivity index (χ0n) is 9.15. The highest BCUT2D eigenvalue weighted by Crippen LogP contribution is 2.22. The predicted molar refractivity (Wildman–Crippen MR) is 66.7 cm³/mol. The van der Waals surface area contributed by atoms with Gasteiger partial charge in [0, 0.05) is 18.5 Å². The van der Waals surface area contributed by atoms with Crippen LogP contribution in [0.3, 0.4) is 0 Å². The van der Waals surface area contributed by atoms with E-state index in [1.807, 2.05) is 0 Å². The van der Waals surface area contributed by atoms with Gasteiger partial charge in [0.15, 0.2) is 5.82 Å². The number of hydrogen-bond donors (Lipinski definition) is 2. The van der Waals surface area contributed by atoms with Crippen LogP contribution in [0.5, 0.6) is 0 Å². The van der Waals surface area contributed by atoms with Crippen molar-refractivity contribution in [2.75, 3.05) is 6.54 Å². The Hall–Kier alpha value is -1.66. The molecule has 0 aliphatic carbocycles. The van der Waals surface area contributed by atoms with Crippen molar-refractivity contribution in [1.82, 2.24) is 25.9 Å². The minimum atomic E-state index is -0.225. The maximum Gasteiger partial charge on any atom is 0.251 e. The number of aromatic nitrogens is 4. The van der Waals surface area contributed by atoms with Crippen LogP contribution in [-0.4, -0.2) is 33.1 Å². The number of nitrogens with one attached hydrogen (secondary N) is 2. The van der Waals surface area contributed by atoms with E-state index in [-0.39, 0.29) is 5.91 Å². The van der Waals surface area contributed by atoms with Gasteiger partial charge < -0.3 is 5.32 Å². The summed E-state index contributed by atoms with van der Waals surface area (Å²) in [5.41, 5.74) is 0.456. The molecule has 0 radical (unpaired) electrons. The monoisotopic (exact) mass is 285 g/mol. The second kappa shape index (κ2) is 5.79. The van der Waals surface area contributed by atoms with E-state index in [1.165, 1.54) is 6.07 Å². The van der Waals surface area contributed by atoms with Crippen LogP contribution in [0.2, 0.25) is 10.0 Å². The van der Waals surface area contributed by atoms with E-state index >= 15 is 0 Å². The van der Waals surface area contributed by atoms with Crippen LogP contribution in [-0.2, 0) is 6.42 Å². The highest BCUT2D eigenvalue weighted by atomic mass is 35.5. The van der Waals surface area contributed by atoms with Crippen LogP contribution < -0.4 is 5.32 Å². The highest BCUT2D eigenvalue weighted by Gasteiger charge is 2.08. The highest BCUT2D eigenvalue weighted by molar-refractivity contribution is 6.42. The number of benzene rings is 1. The molecule has 0 aliphatic rings. The third-order valence-electron chi connectivity index (χ3n) is 2.21. The summed E-state index contributed by atoms with van der Waals surface area (Å²) < 4.78 is 0. The van der Waals surface area contributed by atoms with E-state index in [0.29, 0.717) is 34.4 Å². The fourth-order valence-electron chi connectivity index (χ4n) is 1.32. The van der Waals surface area contributed by atoms with Gasteiger partial charge in [-0.05, 0) is 18.2 Å². The first kappa shape index (κ1) is 12.8. The Labute approximate surface area is 113 Å². The summed E-state index contributed by atoms with van der Waals surface area (Å²) in [6, 6.07) is 4.71. The molecular weight excluding hydrogens is 277 g/mol. The number of amides is 1. The molecule has 1 aromatic carbocycles. The molecule has 18 heavy (non-hydrogen) atoms. The van der Waals surface area contributed by atoms with Crippen molar-refractivity contribution in [2.45, 2.75) is 6.42 Å². The summed E-state index contributed by atoms with van der Waals surface area (Å²) in [5.74, 6) is 0.321. The molecule has 1 aromatic heterocycles. The number of rotatable bonds is 4. The smallest absolute Gasteiger partial charge is 0.251 e. The Morgan fingerprint density at radius 2 is 2.17 bits per heavy atom. The molecule has 94 valence electrons. The van der Waals surface area contributed by atoms with E-state index in [2.05, 4.69) is 25.9 Å². The molecule has 2 aromatic rings. The molecule has 0 saturated carbocycles. The Bertz CT molecular complexity index is 543. The van der Waals surface area contributed by atoms with Gasteiger partial charge in [0.2, 0.25) is 0 Å². The van der Waals surface area contributed by atoms with E-state index < -0.39 is 0 Å². The SMILES string of the molecule is O=C(NCCc1nn[nH]n1)c1ccc(Cl)c(Cl)c1. The van der Waals surface area contributed by atoms with Crippen LogP contribution in [0.15, 0.2) is 18.2 Å². The lowest BCUT2D eigenvalue weighted by molar-refractivity contribution is 0.0954. The molecule has 8 heteroatoms. The van der Waals surface area contributed by atoms with Gasteiger partial charge in [-0.3, -0.25) is 4.79 Å². The number of halogens is 2. The average molecular weight is 286 g/mol. The molecule has 0 spiro atoms. The van der Waals surface area contributed by atoms with E-state index in [4.69, 9.17) is 23.2 Å². The van der Waals surface area contributed by atoms with Crippen molar-refractivity contribution < 1.29 is 4.79 Å². The Kier molecular flexibility index (Phi) is 4.11. The molecule has 0 saturated heterocycles. The van der Waals surface area contributed by atoms with Crippen LogP contribution in [0.4, 0.5) is 0 Å². The predicted octanol–water partition coefficient (Wildman–Crippen LogP) is 1.48. The van der Waals surface area contributed by atoms with Crippen LogP contribution >= 0.6 is 23.2 Å². The van der Waals surface area contributed by atoms with Crippen molar-refractivity contribution in [3.05, 3.63) is 39.6 Å². The third-order valence-corrected chi connectivity index (χ3v) is 2.94. The number of H-pyrrole nitrogens is 1. The average Bonchev–Trinajstić information content (AvgIpc) is 2.85. The van der Waals surface area contributed by atoms with Crippen molar-refractivity contribution in [1.29, 1.82) is 0 Å². The molecule has 0 bridgehead atoms. The van der Waals surface area contributed by atoms with Gasteiger partial charge in [-0.1, -0.05) is 28.4 Å². The summed E-state index contributed by atoms with van der Waals surface area (Å²) in [6.45, 7) is 0.415. The van der Waals surface area contributed by atoms with Crippen molar-refractivity contribution in [3.8, 4) is 0 Å². The Morgan fingerprint density at radius 3 is 2.83 bits per heavy atom. The molecule has 0 unspecified atom stereocenters. The molecule has 0 aliphatic heterocycles. The molecule has 0 fully saturated rings. The lowest BCUT2D eigenvalue weighted by Crippen LogP contribution is -2.25. The third kappa shape index (κ3) is 3.18. The van der Waals surface area contributed by atoms with Gasteiger partial charge >= 0.3 is 0 Å². The standard InChI is InChI=1S/C10H9Cl2N5O/c11-7-2-1-6(5-8(7)12)10(18)13-4-3-9-14-16-17-15-9/h1-2,5H,3-4H2,(H,13,18)(H,14,15,16,17). The number of tetrazole rings is 1. The maximum absolute atomic E-state index is 11.8. The number of carbonyl (C=O) groups excluding carboxylic acids is 1. The van der Waals surface area contributed by atoms with Crippen LogP contribution in [0.25, 0.3) is 0 Å². The van der Waals surface area contributed by atoms with Gasteiger partial charge in [-0.2, -0.15) is 5.21 Å². The van der Waals surface area contributed by atoms with Gasteiger partial charge in [-0.15, -0.1) is 10.2 Å². The molecule has 2 rings (SSSR count). The van der Waals surface area contributed by atoms with Gasteiger partial charge in [0.05, 0.1) is 10.0 Å². The molecule has 1 amide bonds. The molecule has 6 nitrogen and oxygen atoms in total. The first-order valence-electron chi connectivity index (χ1n) is 5.12. The minimum Gasteiger partial charge on any atom is -0.352 e. The summed E-state index contributed by atoms with van der Waals surface area (Å²) in [7, 11) is 0. The minimum absolute atomic E-state index is 0.225. The summed E-state index contributed by atoms with van der Waals surface area (Å²) in [4.78, 5) is 11.8. The molecule has 0 atom stereocenters. The van der Waals surface area contributed by atoms with Gasteiger partial charge in [0.1, 0.15) is 0 Å². The maximum atomic E-state index is 11.8. The quantitative estimate of drug-likeness (QED) is 0.891. The number of carbonyl (C=O) groups is 1. The normalized spacial score (nSPS) is 10.3. The lowest BCUT2D eigenvalue weighted by atomic mass is 10.2. The molecule has 1 heterocycles. The van der Waals surface area contributed by atoms with Crippen LogP contribution in [0, 0.1) is 0 Å². The number of aromatic amines is 1. The molecule has 2 N–H and O–H groups in total. The second-order valence-electron chi connectivity index (χ2n) is 3.46. The van der Waals surface area contributed by atoms with Gasteiger partial charge in [0.25, 0.3) is 5.91 Å². The van der Waals surface area contributed by atoms with Crippen molar-refractivity contribution in [3.63, 3.8) is 0 Å². The summed E-state index contributed by atoms with van der Waals surface area (Å²) in [5, 5.41) is 16.8. The zero-order valence-corrected chi connectivity index (χ0v) is 10.7. The zero-order chi connectivity index (χ0) is 13.0. The van der Waals surface area contributed by atoms with Crippen molar-refractivity contribution in [2.24, 2.45) is 0 Å². The second-order valence-corrected chi connectivity index (χ2v) is 4.28. The van der Waals surface area contributed by atoms with Gasteiger partial charge in [-0.25, -0.2) is 0 Å². The first-order chi connectivity index (χ1) is 8.66. The fourth-order valence-corrected chi connectivity index (χ4v) is 1.61. The Morgan fingerprint density at radius 1 is 1.33 bits per heavy atom. The van der Waals surface area contributed by atoms with E-state index in [1.54, 1.807) is 12.1 Å². The first-order valence-corrected chi connectivity index (χ1v) is 5.88.